The Morgan fingerprint density at radius 2 is 1.59 bits per heavy atom. The highest BCUT2D eigenvalue weighted by Gasteiger charge is 2.44. The molecule has 0 aliphatic carbocycles. The lowest BCUT2D eigenvalue weighted by atomic mass is 9.90. The Labute approximate surface area is 237 Å². The van der Waals surface area contributed by atoms with Crippen LogP contribution in [-0.4, -0.2) is 36.6 Å². The van der Waals surface area contributed by atoms with Crippen LogP contribution in [0.3, 0.4) is 0 Å². The number of carbonyl (C=O) groups excluding carboxylic acids is 1. The number of nitrogens with zero attached hydrogens (tertiary/aromatic N) is 3. The number of anilines is 1. The van der Waals surface area contributed by atoms with Crippen molar-refractivity contribution in [1.29, 1.82) is 0 Å². The lowest BCUT2D eigenvalue weighted by Crippen LogP contribution is -2.37. The van der Waals surface area contributed by atoms with Crippen molar-refractivity contribution in [2.75, 3.05) is 18.5 Å². The molecular weight excluding hydrogens is 559 g/mol. The SMILES string of the molecule is CN(C(=O)N1CC(c2ccc(F)cc2)C(c2ccc3c(c2)OC(F)(F)O3)=N1)c1ccc(Oc2ccc(Cl)cc2)cc1. The first kappa shape index (κ1) is 26.5. The Kier molecular flexibility index (Phi) is 6.70. The summed E-state index contributed by atoms with van der Waals surface area (Å²) in [5.74, 6) is 0.0751. The van der Waals surface area contributed by atoms with Crippen molar-refractivity contribution >= 4 is 29.0 Å². The van der Waals surface area contributed by atoms with Gasteiger partial charge in [0.2, 0.25) is 0 Å². The minimum Gasteiger partial charge on any atom is -0.457 e. The molecule has 0 saturated carbocycles. The van der Waals surface area contributed by atoms with Crippen molar-refractivity contribution in [2.45, 2.75) is 12.2 Å². The van der Waals surface area contributed by atoms with E-state index in [1.165, 1.54) is 34.2 Å². The van der Waals surface area contributed by atoms with Crippen LogP contribution in [0.1, 0.15) is 17.0 Å². The number of rotatable bonds is 5. The average molecular weight is 580 g/mol. The smallest absolute Gasteiger partial charge is 0.457 e. The third-order valence-electron chi connectivity index (χ3n) is 6.66. The Bertz CT molecular complexity index is 1630. The topological polar surface area (TPSA) is 63.6 Å². The molecule has 41 heavy (non-hydrogen) atoms. The van der Waals surface area contributed by atoms with Crippen molar-refractivity contribution in [1.82, 2.24) is 5.01 Å². The molecular formula is C30H21ClF3N3O4. The van der Waals surface area contributed by atoms with Crippen molar-refractivity contribution < 1.29 is 32.2 Å². The molecule has 2 aliphatic heterocycles. The van der Waals surface area contributed by atoms with Crippen LogP contribution in [0.15, 0.2) is 96.1 Å². The zero-order valence-corrected chi connectivity index (χ0v) is 22.2. The molecule has 0 aromatic heterocycles. The third kappa shape index (κ3) is 5.51. The zero-order valence-electron chi connectivity index (χ0n) is 21.4. The molecule has 4 aromatic rings. The molecule has 0 saturated heterocycles. The Hall–Kier alpha value is -4.70. The van der Waals surface area contributed by atoms with Crippen LogP contribution in [0, 0.1) is 5.82 Å². The molecule has 2 amide bonds. The van der Waals surface area contributed by atoms with Crippen LogP contribution in [0.5, 0.6) is 23.0 Å². The Morgan fingerprint density at radius 3 is 2.27 bits per heavy atom. The van der Waals surface area contributed by atoms with Gasteiger partial charge in [-0.05, 0) is 84.4 Å². The maximum atomic E-state index is 13.7. The number of ether oxygens (including phenoxy) is 3. The first-order valence-electron chi connectivity index (χ1n) is 12.5. The fourth-order valence-electron chi connectivity index (χ4n) is 4.61. The van der Waals surface area contributed by atoms with Crippen LogP contribution in [-0.2, 0) is 0 Å². The van der Waals surface area contributed by atoms with Crippen molar-refractivity contribution in [2.24, 2.45) is 5.10 Å². The van der Waals surface area contributed by atoms with Gasteiger partial charge >= 0.3 is 12.3 Å². The fourth-order valence-corrected chi connectivity index (χ4v) is 4.73. The van der Waals surface area contributed by atoms with E-state index in [0.717, 1.165) is 0 Å². The quantitative estimate of drug-likeness (QED) is 0.244. The summed E-state index contributed by atoms with van der Waals surface area (Å²) < 4.78 is 55.8. The lowest BCUT2D eigenvalue weighted by Gasteiger charge is -2.23. The van der Waals surface area contributed by atoms with Gasteiger partial charge in [-0.1, -0.05) is 23.7 Å². The van der Waals surface area contributed by atoms with Crippen LogP contribution in [0.25, 0.3) is 0 Å². The highest BCUT2D eigenvalue weighted by molar-refractivity contribution is 6.30. The minimum absolute atomic E-state index is 0.105. The van der Waals surface area contributed by atoms with Gasteiger partial charge in [0.1, 0.15) is 17.3 Å². The number of urea groups is 1. The van der Waals surface area contributed by atoms with Gasteiger partial charge < -0.3 is 14.2 Å². The fraction of sp³-hybridized carbons (Fsp3) is 0.133. The van der Waals surface area contributed by atoms with E-state index in [2.05, 4.69) is 14.6 Å². The van der Waals surface area contributed by atoms with Gasteiger partial charge in [0.15, 0.2) is 11.5 Å². The second-order valence-electron chi connectivity index (χ2n) is 9.39. The van der Waals surface area contributed by atoms with Crippen LogP contribution in [0.4, 0.5) is 23.7 Å². The molecule has 4 aromatic carbocycles. The normalized spacial score (nSPS) is 16.9. The van der Waals surface area contributed by atoms with Crippen molar-refractivity contribution in [3.63, 3.8) is 0 Å². The summed E-state index contributed by atoms with van der Waals surface area (Å²) >= 11 is 5.92. The van der Waals surface area contributed by atoms with E-state index in [-0.39, 0.29) is 18.0 Å². The highest BCUT2D eigenvalue weighted by atomic mass is 35.5. The minimum atomic E-state index is -3.77. The molecule has 11 heteroatoms. The van der Waals surface area contributed by atoms with E-state index >= 15 is 0 Å². The number of halogens is 4. The number of benzene rings is 4. The average Bonchev–Trinajstić information content (AvgIpc) is 3.54. The summed E-state index contributed by atoms with van der Waals surface area (Å²) in [5, 5.41) is 6.46. The Morgan fingerprint density at radius 1 is 0.951 bits per heavy atom. The molecule has 2 heterocycles. The summed E-state index contributed by atoms with van der Waals surface area (Å²) in [5.41, 5.74) is 2.19. The predicted octanol–water partition coefficient (Wildman–Crippen LogP) is 7.65. The van der Waals surface area contributed by atoms with Gasteiger partial charge in [0.05, 0.1) is 12.3 Å². The number of alkyl halides is 2. The number of hydrazone groups is 1. The van der Waals surface area contributed by atoms with Crippen molar-refractivity contribution in [3.05, 3.63) is 113 Å². The lowest BCUT2D eigenvalue weighted by molar-refractivity contribution is -0.286. The molecule has 0 fully saturated rings. The second kappa shape index (κ2) is 10.4. The van der Waals surface area contributed by atoms with Gasteiger partial charge in [-0.3, -0.25) is 4.90 Å². The second-order valence-corrected chi connectivity index (χ2v) is 9.83. The van der Waals surface area contributed by atoms with Gasteiger partial charge in [0.25, 0.3) is 0 Å². The van der Waals surface area contributed by atoms with Crippen LogP contribution >= 0.6 is 11.6 Å². The largest absolute Gasteiger partial charge is 0.586 e. The summed E-state index contributed by atoms with van der Waals surface area (Å²) in [6.07, 6.45) is -3.77. The molecule has 2 aliphatic rings. The van der Waals surface area contributed by atoms with E-state index in [0.29, 0.717) is 39.0 Å². The number of amides is 2. The number of fused-ring (bicyclic) bond motifs is 1. The molecule has 1 unspecified atom stereocenters. The number of hydrogen-bond acceptors (Lipinski definition) is 5. The number of carbonyl (C=O) groups is 1. The highest BCUT2D eigenvalue weighted by Crippen LogP contribution is 2.42. The van der Waals surface area contributed by atoms with Crippen molar-refractivity contribution in [3.8, 4) is 23.0 Å². The van der Waals surface area contributed by atoms with Gasteiger partial charge in [-0.25, -0.2) is 14.2 Å². The zero-order chi connectivity index (χ0) is 28.7. The molecule has 0 spiro atoms. The summed E-state index contributed by atoms with van der Waals surface area (Å²) in [7, 11) is 1.61. The summed E-state index contributed by atoms with van der Waals surface area (Å²) in [6.45, 7) is 0.145. The van der Waals surface area contributed by atoms with E-state index in [1.807, 2.05) is 0 Å². The molecule has 1 atom stereocenters. The Balaban J connectivity index is 1.25. The summed E-state index contributed by atoms with van der Waals surface area (Å²) in [6, 6.07) is 23.6. The van der Waals surface area contributed by atoms with Gasteiger partial charge in [-0.15, -0.1) is 8.78 Å². The number of hydrogen-bond donors (Lipinski definition) is 0. The molecule has 208 valence electrons. The molecule has 6 rings (SSSR count). The molecule has 0 N–H and O–H groups in total. The predicted molar refractivity (Wildman–Crippen MR) is 147 cm³/mol. The standard InChI is InChI=1S/C30H21ClF3N3O4/c1-36(22-9-13-24(14-10-22)39-23-11-5-20(31)6-12-23)29(38)37-17-25(18-2-7-21(32)8-3-18)28(35-37)19-4-15-26-27(16-19)41-30(33,34)40-26/h2-16,25H,17H2,1H3. The molecule has 7 nitrogen and oxygen atoms in total. The van der Waals surface area contributed by atoms with Gasteiger partial charge in [0, 0.05) is 29.2 Å². The maximum absolute atomic E-state index is 13.7. The summed E-state index contributed by atoms with van der Waals surface area (Å²) in [4.78, 5) is 15.0. The van der Waals surface area contributed by atoms with E-state index in [1.54, 1.807) is 73.8 Å². The van der Waals surface area contributed by atoms with E-state index in [4.69, 9.17) is 16.3 Å². The first-order valence-corrected chi connectivity index (χ1v) is 12.9. The monoisotopic (exact) mass is 579 g/mol. The van der Waals surface area contributed by atoms with Gasteiger partial charge in [-0.2, -0.15) is 5.10 Å². The van der Waals surface area contributed by atoms with E-state index < -0.39 is 24.1 Å². The third-order valence-corrected chi connectivity index (χ3v) is 6.92. The molecule has 0 radical (unpaired) electrons. The first-order chi connectivity index (χ1) is 19.6. The van der Waals surface area contributed by atoms with Crippen LogP contribution in [0.2, 0.25) is 5.02 Å². The molecule has 0 bridgehead atoms. The maximum Gasteiger partial charge on any atom is 0.586 e. The van der Waals surface area contributed by atoms with E-state index in [9.17, 15) is 18.0 Å². The van der Waals surface area contributed by atoms with Crippen LogP contribution < -0.4 is 19.1 Å².